The van der Waals surface area contributed by atoms with Gasteiger partial charge in [-0.05, 0) is 47.5 Å². The molecule has 33 heavy (non-hydrogen) atoms. The van der Waals surface area contributed by atoms with Crippen molar-refractivity contribution in [3.05, 3.63) is 99.0 Å². The van der Waals surface area contributed by atoms with Gasteiger partial charge in [0.05, 0.1) is 23.4 Å². The van der Waals surface area contributed by atoms with Crippen LogP contribution in [-0.4, -0.2) is 55.4 Å². The molecule has 1 saturated heterocycles. The van der Waals surface area contributed by atoms with Gasteiger partial charge in [0.15, 0.2) is 0 Å². The third kappa shape index (κ3) is 6.63. The summed E-state index contributed by atoms with van der Waals surface area (Å²) in [5.41, 5.74) is 3.01. The van der Waals surface area contributed by atoms with Crippen molar-refractivity contribution in [1.82, 2.24) is 4.90 Å². The fraction of sp³-hybridized carbons (Fsp3) is 0.308. The number of para-hydroxylation sites is 1. The summed E-state index contributed by atoms with van der Waals surface area (Å²) in [6, 6.07) is 23.1. The highest BCUT2D eigenvalue weighted by atomic mass is 35.5. The van der Waals surface area contributed by atoms with E-state index in [1.165, 1.54) is 0 Å². The van der Waals surface area contributed by atoms with E-state index in [0.717, 1.165) is 48.0 Å². The summed E-state index contributed by atoms with van der Waals surface area (Å²) in [5.74, 6) is 0. The molecule has 174 valence electrons. The van der Waals surface area contributed by atoms with E-state index in [9.17, 15) is 5.11 Å². The molecule has 3 aromatic carbocycles. The Balaban J connectivity index is 1.33. The first-order chi connectivity index (χ1) is 16.0. The first-order valence-electron chi connectivity index (χ1n) is 11.0. The van der Waals surface area contributed by atoms with Crippen molar-refractivity contribution in [1.29, 1.82) is 0 Å². The molecule has 1 fully saturated rings. The Morgan fingerprint density at radius 3 is 1.85 bits per heavy atom. The van der Waals surface area contributed by atoms with E-state index in [-0.39, 0.29) is 12.7 Å². The molecule has 0 saturated carbocycles. The number of piperazine rings is 1. The van der Waals surface area contributed by atoms with Gasteiger partial charge in [-0.2, -0.15) is 0 Å². The monoisotopic (exact) mass is 504 g/mol. The molecule has 7 heteroatoms. The number of halogens is 3. The molecule has 0 spiro atoms. The Morgan fingerprint density at radius 2 is 1.30 bits per heavy atom. The van der Waals surface area contributed by atoms with Crippen LogP contribution in [0.2, 0.25) is 15.1 Å². The minimum absolute atomic E-state index is 0.223. The van der Waals surface area contributed by atoms with Gasteiger partial charge in [-0.25, -0.2) is 0 Å². The molecule has 1 aliphatic heterocycles. The van der Waals surface area contributed by atoms with E-state index in [0.29, 0.717) is 16.6 Å². The van der Waals surface area contributed by atoms with Crippen LogP contribution in [0.5, 0.6) is 0 Å². The van der Waals surface area contributed by atoms with E-state index < -0.39 is 6.10 Å². The fourth-order valence-corrected chi connectivity index (χ4v) is 4.60. The minimum Gasteiger partial charge on any atom is -0.389 e. The largest absolute Gasteiger partial charge is 0.389 e. The smallest absolute Gasteiger partial charge is 0.108 e. The highest BCUT2D eigenvalue weighted by molar-refractivity contribution is 6.33. The van der Waals surface area contributed by atoms with Gasteiger partial charge in [0, 0.05) is 42.8 Å². The number of β-amino-alcohol motifs (C(OH)–C–C–N with tert-alkyl or cyclic N) is 1. The molecule has 1 N–H and O–H groups in total. The van der Waals surface area contributed by atoms with E-state index in [2.05, 4.69) is 9.80 Å². The topological polar surface area (TPSA) is 35.9 Å². The predicted octanol–water partition coefficient (Wildman–Crippen LogP) is 5.94. The lowest BCUT2D eigenvalue weighted by atomic mass is 10.0. The Hall–Kier alpha value is -1.79. The van der Waals surface area contributed by atoms with Crippen LogP contribution in [0.1, 0.15) is 17.2 Å². The molecule has 0 aliphatic carbocycles. The van der Waals surface area contributed by atoms with E-state index >= 15 is 0 Å². The molecule has 3 aromatic rings. The van der Waals surface area contributed by atoms with Crippen LogP contribution in [0.15, 0.2) is 72.8 Å². The zero-order valence-corrected chi connectivity index (χ0v) is 20.5. The molecule has 1 atom stereocenters. The van der Waals surface area contributed by atoms with Crippen LogP contribution in [0.25, 0.3) is 0 Å². The first kappa shape index (κ1) is 24.3. The standard InChI is InChI=1S/C26H27Cl3N2O2/c27-21-9-5-19(6-10-21)26(20-7-11-22(28)12-8-20)33-18-23(32)17-30-13-15-31(16-14-30)25-4-2-1-3-24(25)29/h1-12,23,26,32H,13-18H2/t23-/m0/s1. The van der Waals surface area contributed by atoms with Gasteiger partial charge < -0.3 is 14.7 Å². The highest BCUT2D eigenvalue weighted by Gasteiger charge is 2.22. The highest BCUT2D eigenvalue weighted by Crippen LogP contribution is 2.29. The Morgan fingerprint density at radius 1 is 0.758 bits per heavy atom. The SMILES string of the molecule is O[C@H](COC(c1ccc(Cl)cc1)c1ccc(Cl)cc1)CN1CCN(c2ccccc2Cl)CC1. The van der Waals surface area contributed by atoms with Gasteiger partial charge in [-0.15, -0.1) is 0 Å². The lowest BCUT2D eigenvalue weighted by molar-refractivity contribution is -0.00893. The Kier molecular flexibility index (Phi) is 8.53. The second-order valence-corrected chi connectivity index (χ2v) is 9.49. The number of rotatable bonds is 8. The van der Waals surface area contributed by atoms with Gasteiger partial charge >= 0.3 is 0 Å². The van der Waals surface area contributed by atoms with Crippen molar-refractivity contribution < 1.29 is 9.84 Å². The van der Waals surface area contributed by atoms with Crippen molar-refractivity contribution in [2.45, 2.75) is 12.2 Å². The average molecular weight is 506 g/mol. The van der Waals surface area contributed by atoms with Crippen LogP contribution in [0, 0.1) is 0 Å². The Labute approximate surface area is 210 Å². The van der Waals surface area contributed by atoms with Crippen LogP contribution < -0.4 is 4.90 Å². The zero-order chi connectivity index (χ0) is 23.2. The molecule has 0 radical (unpaired) electrons. The van der Waals surface area contributed by atoms with Crippen LogP contribution in [0.3, 0.4) is 0 Å². The normalized spacial score (nSPS) is 15.7. The summed E-state index contributed by atoms with van der Waals surface area (Å²) in [4.78, 5) is 4.56. The summed E-state index contributed by atoms with van der Waals surface area (Å²) >= 11 is 18.5. The number of aliphatic hydroxyl groups is 1. The second-order valence-electron chi connectivity index (χ2n) is 8.21. The maximum absolute atomic E-state index is 10.7. The summed E-state index contributed by atoms with van der Waals surface area (Å²) in [5, 5.41) is 12.8. The van der Waals surface area contributed by atoms with E-state index in [1.54, 1.807) is 0 Å². The van der Waals surface area contributed by atoms with Gasteiger partial charge in [-0.1, -0.05) is 71.2 Å². The molecule has 0 unspecified atom stereocenters. The van der Waals surface area contributed by atoms with Crippen molar-refractivity contribution >= 4 is 40.5 Å². The van der Waals surface area contributed by atoms with Crippen LogP contribution in [0.4, 0.5) is 5.69 Å². The maximum atomic E-state index is 10.7. The third-order valence-electron chi connectivity index (χ3n) is 5.84. The van der Waals surface area contributed by atoms with Crippen molar-refractivity contribution in [3.63, 3.8) is 0 Å². The van der Waals surface area contributed by atoms with Crippen molar-refractivity contribution in [2.75, 3.05) is 44.2 Å². The van der Waals surface area contributed by atoms with Gasteiger partial charge in [0.25, 0.3) is 0 Å². The summed E-state index contributed by atoms with van der Waals surface area (Å²) < 4.78 is 6.21. The Bertz CT molecular complexity index is 977. The number of benzene rings is 3. The maximum Gasteiger partial charge on any atom is 0.108 e. The first-order valence-corrected chi connectivity index (χ1v) is 12.2. The molecular formula is C26H27Cl3N2O2. The fourth-order valence-electron chi connectivity index (χ4n) is 4.10. The van der Waals surface area contributed by atoms with Gasteiger partial charge in [0.2, 0.25) is 0 Å². The molecule has 0 bridgehead atoms. The van der Waals surface area contributed by atoms with Crippen molar-refractivity contribution in [3.8, 4) is 0 Å². The number of nitrogens with zero attached hydrogens (tertiary/aromatic N) is 2. The zero-order valence-electron chi connectivity index (χ0n) is 18.2. The molecule has 1 aliphatic rings. The quantitative estimate of drug-likeness (QED) is 0.411. The molecule has 4 nitrogen and oxygen atoms in total. The second kappa shape index (κ2) is 11.6. The number of aliphatic hydroxyl groups excluding tert-OH is 1. The summed E-state index contributed by atoms with van der Waals surface area (Å²) in [6.45, 7) is 4.25. The molecular weight excluding hydrogens is 479 g/mol. The van der Waals surface area contributed by atoms with Crippen LogP contribution >= 0.6 is 34.8 Å². The number of anilines is 1. The molecule has 1 heterocycles. The van der Waals surface area contributed by atoms with Gasteiger partial charge in [0.1, 0.15) is 6.10 Å². The van der Waals surface area contributed by atoms with Crippen LogP contribution in [-0.2, 0) is 4.74 Å². The number of ether oxygens (including phenoxy) is 1. The van der Waals surface area contributed by atoms with Gasteiger partial charge in [-0.3, -0.25) is 4.90 Å². The number of hydrogen-bond donors (Lipinski definition) is 1. The third-order valence-corrected chi connectivity index (χ3v) is 6.66. The lowest BCUT2D eigenvalue weighted by Crippen LogP contribution is -2.49. The summed E-state index contributed by atoms with van der Waals surface area (Å²) in [7, 11) is 0. The van der Waals surface area contributed by atoms with E-state index in [4.69, 9.17) is 39.5 Å². The average Bonchev–Trinajstić information content (AvgIpc) is 2.82. The number of hydrogen-bond acceptors (Lipinski definition) is 4. The molecule has 0 aromatic heterocycles. The minimum atomic E-state index is -0.598. The van der Waals surface area contributed by atoms with Crippen molar-refractivity contribution in [2.24, 2.45) is 0 Å². The predicted molar refractivity (Wildman–Crippen MR) is 137 cm³/mol. The lowest BCUT2D eigenvalue weighted by Gasteiger charge is -2.37. The van der Waals surface area contributed by atoms with E-state index in [1.807, 2.05) is 72.8 Å². The molecule has 4 rings (SSSR count). The molecule has 0 amide bonds. The summed E-state index contributed by atoms with van der Waals surface area (Å²) in [6.07, 6.45) is -0.912.